The van der Waals surface area contributed by atoms with Crippen LogP contribution in [0.15, 0.2) is 46.4 Å². The van der Waals surface area contributed by atoms with Crippen molar-refractivity contribution in [3.63, 3.8) is 0 Å². The molecule has 0 heterocycles. The first-order chi connectivity index (χ1) is 13.1. The number of hydrogen-bond donors (Lipinski definition) is 2. The van der Waals surface area contributed by atoms with Gasteiger partial charge in [0.1, 0.15) is 23.0 Å². The Morgan fingerprint density at radius 2 is 1.22 bits per heavy atom. The summed E-state index contributed by atoms with van der Waals surface area (Å²) < 4.78 is 10.7. The first-order valence-electron chi connectivity index (χ1n) is 9.05. The summed E-state index contributed by atoms with van der Waals surface area (Å²) in [5.74, 6) is 1.57. The van der Waals surface area contributed by atoms with Gasteiger partial charge in [0.2, 0.25) is 0 Å². The molecule has 0 unspecified atom stereocenters. The molecule has 6 nitrogen and oxygen atoms in total. The van der Waals surface area contributed by atoms with Crippen molar-refractivity contribution in [3.8, 4) is 23.0 Å². The Morgan fingerprint density at radius 1 is 0.778 bits per heavy atom. The van der Waals surface area contributed by atoms with Gasteiger partial charge < -0.3 is 19.7 Å². The zero-order valence-electron chi connectivity index (χ0n) is 15.8. The predicted molar refractivity (Wildman–Crippen MR) is 108 cm³/mol. The van der Waals surface area contributed by atoms with Gasteiger partial charge in [-0.25, -0.2) is 0 Å². The molecule has 0 radical (unpaired) electrons. The molecule has 0 spiro atoms. The van der Waals surface area contributed by atoms with Crippen LogP contribution in [0.2, 0.25) is 0 Å². The highest BCUT2D eigenvalue weighted by atomic mass is 16.5. The van der Waals surface area contributed by atoms with E-state index in [0.717, 1.165) is 6.42 Å². The monoisotopic (exact) mass is 370 g/mol. The number of nitrogens with zero attached hydrogens (tertiary/aromatic N) is 2. The number of aromatic hydroxyl groups is 2. The number of hydrogen-bond acceptors (Lipinski definition) is 6. The standard InChI is InChI=1S/C21H26N2O4/c1-3-26-18-8-6-16(20(24)12-18)14-22-10-5-11-23-15-17-7-9-19(27-4-2)13-21(17)25/h6-9,12-15,24-25H,3-5,10-11H2,1-2H3. The van der Waals surface area contributed by atoms with Crippen molar-refractivity contribution < 1.29 is 19.7 Å². The van der Waals surface area contributed by atoms with E-state index in [4.69, 9.17) is 9.47 Å². The lowest BCUT2D eigenvalue weighted by Crippen LogP contribution is -1.93. The summed E-state index contributed by atoms with van der Waals surface area (Å²) in [5, 5.41) is 19.9. The van der Waals surface area contributed by atoms with E-state index in [2.05, 4.69) is 9.98 Å². The fourth-order valence-electron chi connectivity index (χ4n) is 2.36. The molecule has 144 valence electrons. The van der Waals surface area contributed by atoms with Gasteiger partial charge in [-0.05, 0) is 44.5 Å². The van der Waals surface area contributed by atoms with Crippen molar-refractivity contribution in [2.24, 2.45) is 9.98 Å². The van der Waals surface area contributed by atoms with Crippen LogP contribution in [-0.4, -0.2) is 48.9 Å². The van der Waals surface area contributed by atoms with Gasteiger partial charge in [-0.3, -0.25) is 9.98 Å². The van der Waals surface area contributed by atoms with E-state index in [9.17, 15) is 10.2 Å². The van der Waals surface area contributed by atoms with Gasteiger partial charge in [0.25, 0.3) is 0 Å². The molecule has 0 bridgehead atoms. The second-order valence-electron chi connectivity index (χ2n) is 5.73. The third-order valence-corrected chi connectivity index (χ3v) is 3.66. The quantitative estimate of drug-likeness (QED) is 0.492. The topological polar surface area (TPSA) is 83.6 Å². The van der Waals surface area contributed by atoms with E-state index in [1.54, 1.807) is 48.8 Å². The molecule has 0 aromatic heterocycles. The van der Waals surface area contributed by atoms with Crippen LogP contribution in [0.3, 0.4) is 0 Å². The van der Waals surface area contributed by atoms with Gasteiger partial charge >= 0.3 is 0 Å². The van der Waals surface area contributed by atoms with Crippen LogP contribution >= 0.6 is 0 Å². The first-order valence-corrected chi connectivity index (χ1v) is 9.05. The fraction of sp³-hybridized carbons (Fsp3) is 0.333. The Balaban J connectivity index is 1.77. The molecule has 2 N–H and O–H groups in total. The van der Waals surface area contributed by atoms with E-state index in [1.165, 1.54) is 0 Å². The summed E-state index contributed by atoms with van der Waals surface area (Å²) >= 11 is 0. The largest absolute Gasteiger partial charge is 0.507 e. The summed E-state index contributed by atoms with van der Waals surface area (Å²) in [6, 6.07) is 10.3. The summed E-state index contributed by atoms with van der Waals surface area (Å²) in [5.41, 5.74) is 1.31. The van der Waals surface area contributed by atoms with E-state index in [-0.39, 0.29) is 11.5 Å². The third-order valence-electron chi connectivity index (χ3n) is 3.66. The molecule has 0 aliphatic heterocycles. The van der Waals surface area contributed by atoms with E-state index < -0.39 is 0 Å². The molecule has 0 saturated heterocycles. The smallest absolute Gasteiger partial charge is 0.128 e. The molecule has 0 fully saturated rings. The zero-order valence-corrected chi connectivity index (χ0v) is 15.8. The van der Waals surface area contributed by atoms with E-state index in [0.29, 0.717) is 48.9 Å². The van der Waals surface area contributed by atoms with Crippen molar-refractivity contribution in [1.82, 2.24) is 0 Å². The molecule has 2 aromatic carbocycles. The van der Waals surface area contributed by atoms with Gasteiger partial charge in [-0.1, -0.05) is 0 Å². The Hall–Kier alpha value is -3.02. The molecule has 0 saturated carbocycles. The van der Waals surface area contributed by atoms with Crippen LogP contribution in [0.25, 0.3) is 0 Å². The number of benzene rings is 2. The maximum atomic E-state index is 9.94. The molecular formula is C21H26N2O4. The predicted octanol–water partition coefficient (Wildman–Crippen LogP) is 3.82. The van der Waals surface area contributed by atoms with Gasteiger partial charge in [-0.2, -0.15) is 0 Å². The minimum absolute atomic E-state index is 0.147. The molecule has 0 aliphatic carbocycles. The summed E-state index contributed by atoms with van der Waals surface area (Å²) in [6.07, 6.45) is 4.06. The van der Waals surface area contributed by atoms with Crippen LogP contribution in [0.1, 0.15) is 31.4 Å². The fourth-order valence-corrected chi connectivity index (χ4v) is 2.36. The van der Waals surface area contributed by atoms with Crippen LogP contribution < -0.4 is 9.47 Å². The minimum atomic E-state index is 0.147. The first kappa shape index (κ1) is 20.3. The van der Waals surface area contributed by atoms with E-state index >= 15 is 0 Å². The number of aliphatic imine (C=N–C) groups is 2. The molecule has 0 atom stereocenters. The zero-order chi connectivity index (χ0) is 19.5. The van der Waals surface area contributed by atoms with Crippen molar-refractivity contribution in [2.75, 3.05) is 26.3 Å². The Kier molecular flexibility index (Phi) is 8.16. The Labute approximate surface area is 159 Å². The lowest BCUT2D eigenvalue weighted by Gasteiger charge is -2.05. The van der Waals surface area contributed by atoms with Gasteiger partial charge in [0, 0.05) is 48.8 Å². The lowest BCUT2D eigenvalue weighted by atomic mass is 10.2. The highest BCUT2D eigenvalue weighted by molar-refractivity contribution is 5.84. The van der Waals surface area contributed by atoms with Gasteiger partial charge in [0.15, 0.2) is 0 Å². The SMILES string of the molecule is CCOc1ccc(C=NCCCN=Cc2ccc(OCC)cc2O)c(O)c1. The second-order valence-corrected chi connectivity index (χ2v) is 5.73. The summed E-state index contributed by atoms with van der Waals surface area (Å²) in [7, 11) is 0. The molecular weight excluding hydrogens is 344 g/mol. The molecule has 6 heteroatoms. The van der Waals surface area contributed by atoms with Crippen LogP contribution in [0.5, 0.6) is 23.0 Å². The maximum absolute atomic E-state index is 9.94. The summed E-state index contributed by atoms with van der Waals surface area (Å²) in [4.78, 5) is 8.61. The Bertz CT molecular complexity index is 722. The molecule has 2 rings (SSSR count). The number of rotatable bonds is 10. The van der Waals surface area contributed by atoms with Crippen molar-refractivity contribution >= 4 is 12.4 Å². The van der Waals surface area contributed by atoms with Gasteiger partial charge in [-0.15, -0.1) is 0 Å². The normalized spacial score (nSPS) is 11.3. The van der Waals surface area contributed by atoms with Crippen LogP contribution in [0.4, 0.5) is 0 Å². The van der Waals surface area contributed by atoms with Gasteiger partial charge in [0.05, 0.1) is 13.2 Å². The van der Waals surface area contributed by atoms with Crippen LogP contribution in [0, 0.1) is 0 Å². The minimum Gasteiger partial charge on any atom is -0.507 e. The number of phenols is 2. The summed E-state index contributed by atoms with van der Waals surface area (Å²) in [6.45, 7) is 6.10. The second kappa shape index (κ2) is 10.9. The lowest BCUT2D eigenvalue weighted by molar-refractivity contribution is 0.337. The van der Waals surface area contributed by atoms with Crippen molar-refractivity contribution in [3.05, 3.63) is 47.5 Å². The number of ether oxygens (including phenoxy) is 2. The number of phenolic OH excluding ortho intramolecular Hbond substituents is 2. The Morgan fingerprint density at radius 3 is 1.59 bits per heavy atom. The highest BCUT2D eigenvalue weighted by Gasteiger charge is 2.01. The molecule has 27 heavy (non-hydrogen) atoms. The molecule has 2 aromatic rings. The maximum Gasteiger partial charge on any atom is 0.128 e. The third kappa shape index (κ3) is 6.66. The van der Waals surface area contributed by atoms with Crippen molar-refractivity contribution in [2.45, 2.75) is 20.3 Å². The van der Waals surface area contributed by atoms with Crippen LogP contribution in [-0.2, 0) is 0 Å². The molecule has 0 amide bonds. The van der Waals surface area contributed by atoms with Crippen molar-refractivity contribution in [1.29, 1.82) is 0 Å². The average molecular weight is 370 g/mol. The highest BCUT2D eigenvalue weighted by Crippen LogP contribution is 2.23. The average Bonchev–Trinajstić information content (AvgIpc) is 2.64. The molecule has 0 aliphatic rings. The van der Waals surface area contributed by atoms with E-state index in [1.807, 2.05) is 13.8 Å².